The zero-order valence-corrected chi connectivity index (χ0v) is 8.33. The summed E-state index contributed by atoms with van der Waals surface area (Å²) in [5, 5.41) is 5.80. The van der Waals surface area contributed by atoms with Gasteiger partial charge < -0.3 is 0 Å². The highest BCUT2D eigenvalue weighted by Gasteiger charge is 2.06. The van der Waals surface area contributed by atoms with Crippen LogP contribution >= 0.6 is 0 Å². The smallest absolute Gasteiger partial charge is 0.0687 e. The Morgan fingerprint density at radius 3 is 2.77 bits per heavy atom. The largest absolute Gasteiger partial charge is 0.265 e. The molecule has 0 unspecified atom stereocenters. The molecule has 13 heavy (non-hydrogen) atoms. The molecule has 0 aliphatic carbocycles. The van der Waals surface area contributed by atoms with Crippen molar-refractivity contribution in [3.63, 3.8) is 0 Å². The third-order valence-corrected chi connectivity index (χ3v) is 2.46. The Kier molecular flexibility index (Phi) is 1.83. The molecule has 2 heteroatoms. The molecular weight excluding hydrogens is 160 g/mol. The molecule has 0 atom stereocenters. The van der Waals surface area contributed by atoms with Crippen LogP contribution in [0.3, 0.4) is 0 Å². The first-order chi connectivity index (χ1) is 6.24. The minimum absolute atomic E-state index is 0.938. The lowest BCUT2D eigenvalue weighted by Crippen LogP contribution is -1.95. The molecule has 2 nitrogen and oxygen atoms in total. The molecule has 1 aromatic carbocycles. The van der Waals surface area contributed by atoms with Gasteiger partial charge in [-0.1, -0.05) is 12.1 Å². The van der Waals surface area contributed by atoms with E-state index in [9.17, 15) is 0 Å². The average molecular weight is 174 g/mol. The van der Waals surface area contributed by atoms with E-state index in [1.807, 2.05) is 0 Å². The van der Waals surface area contributed by atoms with E-state index >= 15 is 0 Å². The Balaban J connectivity index is 2.87. The van der Waals surface area contributed by atoms with Gasteiger partial charge in [0, 0.05) is 11.9 Å². The van der Waals surface area contributed by atoms with Crippen molar-refractivity contribution in [2.45, 2.75) is 27.3 Å². The van der Waals surface area contributed by atoms with Crippen LogP contribution < -0.4 is 0 Å². The Labute approximate surface area is 78.2 Å². The van der Waals surface area contributed by atoms with Gasteiger partial charge in [-0.2, -0.15) is 5.10 Å². The molecule has 2 rings (SSSR count). The van der Waals surface area contributed by atoms with E-state index < -0.39 is 0 Å². The molecule has 0 amide bonds. The van der Waals surface area contributed by atoms with E-state index in [0.29, 0.717) is 0 Å². The van der Waals surface area contributed by atoms with Crippen molar-refractivity contribution in [2.75, 3.05) is 0 Å². The second-order valence-corrected chi connectivity index (χ2v) is 3.37. The fraction of sp³-hybridized carbons (Fsp3) is 0.364. The standard InChI is InChI=1S/C11H14N2/c1-4-13-10-7-5-6-8(2)11(10)9(3)12-13/h5-7H,4H2,1-3H3. The zero-order valence-electron chi connectivity index (χ0n) is 8.33. The van der Waals surface area contributed by atoms with Crippen molar-refractivity contribution in [1.29, 1.82) is 0 Å². The number of hydrogen-bond acceptors (Lipinski definition) is 1. The zero-order chi connectivity index (χ0) is 9.42. The Bertz CT molecular complexity index is 441. The molecule has 0 radical (unpaired) electrons. The summed E-state index contributed by atoms with van der Waals surface area (Å²) in [5.41, 5.74) is 3.70. The summed E-state index contributed by atoms with van der Waals surface area (Å²) in [6, 6.07) is 6.35. The van der Waals surface area contributed by atoms with Gasteiger partial charge in [-0.25, -0.2) is 0 Å². The number of aromatic nitrogens is 2. The van der Waals surface area contributed by atoms with Gasteiger partial charge >= 0.3 is 0 Å². The number of aryl methyl sites for hydroxylation is 3. The molecule has 0 aliphatic rings. The Hall–Kier alpha value is -1.31. The van der Waals surface area contributed by atoms with Crippen LogP contribution in [0, 0.1) is 13.8 Å². The average Bonchev–Trinajstić information content (AvgIpc) is 2.44. The van der Waals surface area contributed by atoms with Crippen molar-refractivity contribution >= 4 is 10.9 Å². The number of rotatable bonds is 1. The highest BCUT2D eigenvalue weighted by Crippen LogP contribution is 2.21. The van der Waals surface area contributed by atoms with Crippen molar-refractivity contribution in [3.05, 3.63) is 29.5 Å². The summed E-state index contributed by atoms with van der Waals surface area (Å²) in [5.74, 6) is 0. The van der Waals surface area contributed by atoms with E-state index in [4.69, 9.17) is 0 Å². The predicted octanol–water partition coefficient (Wildman–Crippen LogP) is 2.67. The first-order valence-corrected chi connectivity index (χ1v) is 4.66. The topological polar surface area (TPSA) is 17.8 Å². The van der Waals surface area contributed by atoms with Gasteiger partial charge in [-0.3, -0.25) is 4.68 Å². The van der Waals surface area contributed by atoms with Crippen LogP contribution in [0.15, 0.2) is 18.2 Å². The number of fused-ring (bicyclic) bond motifs is 1. The van der Waals surface area contributed by atoms with Gasteiger partial charge in [0.05, 0.1) is 11.2 Å². The molecule has 68 valence electrons. The fourth-order valence-electron chi connectivity index (χ4n) is 1.86. The molecule has 0 spiro atoms. The molecule has 1 heterocycles. The summed E-state index contributed by atoms with van der Waals surface area (Å²) >= 11 is 0. The molecule has 0 fully saturated rings. The van der Waals surface area contributed by atoms with Crippen LogP contribution in [0.4, 0.5) is 0 Å². The SMILES string of the molecule is CCn1nc(C)c2c(C)cccc21. The molecular formula is C11H14N2. The molecule has 2 aromatic rings. The lowest BCUT2D eigenvalue weighted by molar-refractivity contribution is 0.676. The van der Waals surface area contributed by atoms with Crippen molar-refractivity contribution in [3.8, 4) is 0 Å². The van der Waals surface area contributed by atoms with E-state index in [-0.39, 0.29) is 0 Å². The summed E-state index contributed by atoms with van der Waals surface area (Å²) in [6.45, 7) is 7.26. The van der Waals surface area contributed by atoms with E-state index in [1.54, 1.807) is 0 Å². The van der Waals surface area contributed by atoms with Gasteiger partial charge in [0.15, 0.2) is 0 Å². The van der Waals surface area contributed by atoms with E-state index in [0.717, 1.165) is 12.2 Å². The third-order valence-electron chi connectivity index (χ3n) is 2.46. The summed E-state index contributed by atoms with van der Waals surface area (Å²) < 4.78 is 2.05. The molecule has 0 saturated carbocycles. The maximum Gasteiger partial charge on any atom is 0.0687 e. The monoisotopic (exact) mass is 174 g/mol. The fourth-order valence-corrected chi connectivity index (χ4v) is 1.86. The maximum atomic E-state index is 4.49. The van der Waals surface area contributed by atoms with Gasteiger partial charge in [0.25, 0.3) is 0 Å². The first kappa shape index (κ1) is 8.30. The minimum atomic E-state index is 0.938. The van der Waals surface area contributed by atoms with Crippen molar-refractivity contribution in [2.24, 2.45) is 0 Å². The number of nitrogens with zero attached hydrogens (tertiary/aromatic N) is 2. The summed E-state index contributed by atoms with van der Waals surface area (Å²) in [6.07, 6.45) is 0. The van der Waals surface area contributed by atoms with E-state index in [1.165, 1.54) is 16.5 Å². The Morgan fingerprint density at radius 1 is 1.31 bits per heavy atom. The van der Waals surface area contributed by atoms with Crippen LogP contribution in [-0.4, -0.2) is 9.78 Å². The number of hydrogen-bond donors (Lipinski definition) is 0. The molecule has 0 aliphatic heterocycles. The highest BCUT2D eigenvalue weighted by molar-refractivity contribution is 5.85. The lowest BCUT2D eigenvalue weighted by Gasteiger charge is -1.98. The number of benzene rings is 1. The second kappa shape index (κ2) is 2.87. The maximum absolute atomic E-state index is 4.49. The van der Waals surface area contributed by atoms with Crippen molar-refractivity contribution < 1.29 is 0 Å². The predicted molar refractivity (Wildman–Crippen MR) is 54.9 cm³/mol. The van der Waals surface area contributed by atoms with Crippen LogP contribution in [0.1, 0.15) is 18.2 Å². The third kappa shape index (κ3) is 1.13. The molecule has 0 saturated heterocycles. The second-order valence-electron chi connectivity index (χ2n) is 3.37. The first-order valence-electron chi connectivity index (χ1n) is 4.66. The quantitative estimate of drug-likeness (QED) is 0.650. The Morgan fingerprint density at radius 2 is 2.08 bits per heavy atom. The van der Waals surface area contributed by atoms with Gasteiger partial charge in [-0.15, -0.1) is 0 Å². The summed E-state index contributed by atoms with van der Waals surface area (Å²) in [4.78, 5) is 0. The highest BCUT2D eigenvalue weighted by atomic mass is 15.3. The normalized spacial score (nSPS) is 11.0. The van der Waals surface area contributed by atoms with Gasteiger partial charge in [-0.05, 0) is 32.4 Å². The van der Waals surface area contributed by atoms with Crippen LogP contribution in [0.2, 0.25) is 0 Å². The van der Waals surface area contributed by atoms with Gasteiger partial charge in [0.1, 0.15) is 0 Å². The molecule has 0 N–H and O–H groups in total. The minimum Gasteiger partial charge on any atom is -0.265 e. The van der Waals surface area contributed by atoms with E-state index in [2.05, 4.69) is 48.8 Å². The van der Waals surface area contributed by atoms with Crippen molar-refractivity contribution in [1.82, 2.24) is 9.78 Å². The molecule has 1 aromatic heterocycles. The van der Waals surface area contributed by atoms with Crippen LogP contribution in [0.5, 0.6) is 0 Å². The molecule has 0 bridgehead atoms. The summed E-state index contributed by atoms with van der Waals surface area (Å²) in [7, 11) is 0. The van der Waals surface area contributed by atoms with Crippen LogP contribution in [-0.2, 0) is 6.54 Å². The van der Waals surface area contributed by atoms with Crippen LogP contribution in [0.25, 0.3) is 10.9 Å². The lowest BCUT2D eigenvalue weighted by atomic mass is 10.1. The van der Waals surface area contributed by atoms with Gasteiger partial charge in [0.2, 0.25) is 0 Å².